The Morgan fingerprint density at radius 2 is 1.67 bits per heavy atom. The summed E-state index contributed by atoms with van der Waals surface area (Å²) >= 11 is 0. The van der Waals surface area contributed by atoms with Crippen LogP contribution in [0.5, 0.6) is 11.5 Å². The number of rotatable bonds is 5. The monoisotopic (exact) mass is 348 g/mol. The highest BCUT2D eigenvalue weighted by Gasteiger charge is 2.22. The zero-order valence-corrected chi connectivity index (χ0v) is 13.5. The second-order valence-corrected chi connectivity index (χ2v) is 7.32. The predicted molar refractivity (Wildman–Crippen MR) is 86.9 cm³/mol. The van der Waals surface area contributed by atoms with E-state index >= 15 is 0 Å². The summed E-state index contributed by atoms with van der Waals surface area (Å²) in [5.74, 6) is 1.75. The predicted octanol–water partition coefficient (Wildman–Crippen LogP) is 1.62. The Labute approximate surface area is 139 Å². The van der Waals surface area contributed by atoms with Crippen LogP contribution < -0.4 is 19.5 Å². The number of nitrogens with one attached hydrogen (secondary N) is 2. The fraction of sp³-hybridized carbons (Fsp3) is 0.333. The molecule has 2 aromatic rings. The van der Waals surface area contributed by atoms with Gasteiger partial charge >= 0.3 is 0 Å². The standard InChI is InChI=1S/C15H16N4O4S/c20-24(21,11-3-4-12-13(9-11)23-8-7-22-12)19-15-6-5-14(17-18-15)16-10-1-2-10/h3-6,9-10H,1-2,7-8H2,(H,16,17)(H,18,19). The fourth-order valence-electron chi connectivity index (χ4n) is 2.29. The molecule has 0 amide bonds. The highest BCUT2D eigenvalue weighted by Crippen LogP contribution is 2.32. The quantitative estimate of drug-likeness (QED) is 0.846. The van der Waals surface area contributed by atoms with Crippen molar-refractivity contribution in [2.75, 3.05) is 23.3 Å². The first-order valence-corrected chi connectivity index (χ1v) is 9.11. The smallest absolute Gasteiger partial charge is 0.263 e. The molecule has 126 valence electrons. The molecule has 9 heteroatoms. The lowest BCUT2D eigenvalue weighted by Crippen LogP contribution is -2.18. The number of anilines is 2. The highest BCUT2D eigenvalue weighted by molar-refractivity contribution is 7.92. The molecule has 2 aliphatic rings. The topological polar surface area (TPSA) is 102 Å². The van der Waals surface area contributed by atoms with E-state index in [1.54, 1.807) is 18.2 Å². The van der Waals surface area contributed by atoms with E-state index in [-0.39, 0.29) is 10.7 Å². The molecule has 4 rings (SSSR count). The van der Waals surface area contributed by atoms with Crippen LogP contribution in [0, 0.1) is 0 Å². The molecule has 0 saturated heterocycles. The minimum absolute atomic E-state index is 0.0775. The first kappa shape index (κ1) is 15.0. The van der Waals surface area contributed by atoms with Crippen molar-refractivity contribution < 1.29 is 17.9 Å². The van der Waals surface area contributed by atoms with E-state index < -0.39 is 10.0 Å². The molecule has 1 saturated carbocycles. The molecule has 0 unspecified atom stereocenters. The lowest BCUT2D eigenvalue weighted by atomic mass is 10.3. The van der Waals surface area contributed by atoms with Crippen molar-refractivity contribution >= 4 is 21.7 Å². The average Bonchev–Trinajstić information content (AvgIpc) is 3.40. The normalized spacial score (nSPS) is 16.5. The number of hydrogen-bond acceptors (Lipinski definition) is 7. The number of ether oxygens (including phenoxy) is 2. The molecule has 1 aliphatic carbocycles. The van der Waals surface area contributed by atoms with Gasteiger partial charge < -0.3 is 14.8 Å². The average molecular weight is 348 g/mol. The number of aromatic nitrogens is 2. The Balaban J connectivity index is 1.52. The summed E-state index contributed by atoms with van der Waals surface area (Å²) in [6.45, 7) is 0.846. The Kier molecular flexibility index (Phi) is 3.64. The largest absolute Gasteiger partial charge is 0.486 e. The van der Waals surface area contributed by atoms with Crippen molar-refractivity contribution in [1.29, 1.82) is 0 Å². The molecular weight excluding hydrogens is 332 g/mol. The van der Waals surface area contributed by atoms with E-state index in [1.807, 2.05) is 0 Å². The molecular formula is C15H16N4O4S. The van der Waals surface area contributed by atoms with E-state index in [0.29, 0.717) is 36.6 Å². The first-order chi connectivity index (χ1) is 11.6. The number of fused-ring (bicyclic) bond motifs is 1. The number of benzene rings is 1. The van der Waals surface area contributed by atoms with Gasteiger partial charge in [0.25, 0.3) is 10.0 Å². The van der Waals surface area contributed by atoms with Crippen molar-refractivity contribution in [3.8, 4) is 11.5 Å². The molecule has 1 aromatic carbocycles. The lowest BCUT2D eigenvalue weighted by Gasteiger charge is -2.18. The third-order valence-corrected chi connectivity index (χ3v) is 5.01. The van der Waals surface area contributed by atoms with Crippen LogP contribution in [0.25, 0.3) is 0 Å². The lowest BCUT2D eigenvalue weighted by molar-refractivity contribution is 0.171. The van der Waals surface area contributed by atoms with Gasteiger partial charge in [0, 0.05) is 12.1 Å². The number of nitrogens with zero attached hydrogens (tertiary/aromatic N) is 2. The van der Waals surface area contributed by atoms with E-state index in [1.165, 1.54) is 12.1 Å². The maximum atomic E-state index is 12.5. The van der Waals surface area contributed by atoms with Crippen LogP contribution in [-0.2, 0) is 10.0 Å². The van der Waals surface area contributed by atoms with Gasteiger partial charge in [0.2, 0.25) is 0 Å². The Morgan fingerprint density at radius 1 is 0.958 bits per heavy atom. The third kappa shape index (κ3) is 3.21. The van der Waals surface area contributed by atoms with Gasteiger partial charge in [0.1, 0.15) is 19.0 Å². The number of sulfonamides is 1. The SMILES string of the molecule is O=S(=O)(Nc1ccc(NC2CC2)nn1)c1ccc2c(c1)OCCO2. The third-order valence-electron chi connectivity index (χ3n) is 3.66. The highest BCUT2D eigenvalue weighted by atomic mass is 32.2. The summed E-state index contributed by atoms with van der Waals surface area (Å²) in [6.07, 6.45) is 2.25. The van der Waals surface area contributed by atoms with Crippen molar-refractivity contribution in [3.63, 3.8) is 0 Å². The van der Waals surface area contributed by atoms with Gasteiger partial charge in [-0.05, 0) is 37.1 Å². The molecule has 1 aromatic heterocycles. The minimum Gasteiger partial charge on any atom is -0.486 e. The van der Waals surface area contributed by atoms with Gasteiger partial charge in [-0.1, -0.05) is 0 Å². The summed E-state index contributed by atoms with van der Waals surface area (Å²) < 4.78 is 38.2. The zero-order valence-electron chi connectivity index (χ0n) is 12.7. The van der Waals surface area contributed by atoms with Gasteiger partial charge in [-0.25, -0.2) is 8.42 Å². The van der Waals surface area contributed by atoms with Crippen molar-refractivity contribution in [2.24, 2.45) is 0 Å². The van der Waals surface area contributed by atoms with Crippen molar-refractivity contribution in [1.82, 2.24) is 10.2 Å². The zero-order chi connectivity index (χ0) is 16.6. The summed E-state index contributed by atoms with van der Waals surface area (Å²) in [6, 6.07) is 8.22. The summed E-state index contributed by atoms with van der Waals surface area (Å²) in [5, 5.41) is 11.1. The maximum absolute atomic E-state index is 12.5. The fourth-order valence-corrected chi connectivity index (χ4v) is 3.30. The Morgan fingerprint density at radius 3 is 2.38 bits per heavy atom. The van der Waals surface area contributed by atoms with Crippen LogP contribution in [0.1, 0.15) is 12.8 Å². The Hall–Kier alpha value is -2.55. The van der Waals surface area contributed by atoms with Gasteiger partial charge in [-0.3, -0.25) is 4.72 Å². The summed E-state index contributed by atoms with van der Waals surface area (Å²) in [4.78, 5) is 0.0775. The summed E-state index contributed by atoms with van der Waals surface area (Å²) in [7, 11) is -3.78. The first-order valence-electron chi connectivity index (χ1n) is 7.63. The van der Waals surface area contributed by atoms with E-state index in [2.05, 4.69) is 20.2 Å². The van der Waals surface area contributed by atoms with Gasteiger partial charge in [0.05, 0.1) is 4.90 Å². The maximum Gasteiger partial charge on any atom is 0.263 e. The van der Waals surface area contributed by atoms with Crippen LogP contribution in [-0.4, -0.2) is 37.9 Å². The molecule has 0 spiro atoms. The van der Waals surface area contributed by atoms with Crippen LogP contribution in [0.15, 0.2) is 35.2 Å². The second kappa shape index (κ2) is 5.82. The molecule has 8 nitrogen and oxygen atoms in total. The van der Waals surface area contributed by atoms with Crippen molar-refractivity contribution in [2.45, 2.75) is 23.8 Å². The van der Waals surface area contributed by atoms with Crippen molar-refractivity contribution in [3.05, 3.63) is 30.3 Å². The Bertz CT molecular complexity index is 850. The molecule has 1 aliphatic heterocycles. The van der Waals surface area contributed by atoms with Gasteiger partial charge in [-0.15, -0.1) is 10.2 Å². The molecule has 1 fully saturated rings. The van der Waals surface area contributed by atoms with E-state index in [9.17, 15) is 8.42 Å². The van der Waals surface area contributed by atoms with Crippen LogP contribution in [0.4, 0.5) is 11.6 Å². The molecule has 0 atom stereocenters. The molecule has 2 N–H and O–H groups in total. The van der Waals surface area contributed by atoms with Crippen LogP contribution in [0.3, 0.4) is 0 Å². The number of hydrogen-bond donors (Lipinski definition) is 2. The molecule has 24 heavy (non-hydrogen) atoms. The molecule has 2 heterocycles. The van der Waals surface area contributed by atoms with Gasteiger partial charge in [0.15, 0.2) is 17.3 Å². The van der Waals surface area contributed by atoms with Crippen LogP contribution >= 0.6 is 0 Å². The summed E-state index contributed by atoms with van der Waals surface area (Å²) in [5.41, 5.74) is 0. The van der Waals surface area contributed by atoms with Crippen LogP contribution in [0.2, 0.25) is 0 Å². The molecule has 0 bridgehead atoms. The van der Waals surface area contributed by atoms with E-state index in [0.717, 1.165) is 12.8 Å². The minimum atomic E-state index is -3.78. The van der Waals surface area contributed by atoms with Gasteiger partial charge in [-0.2, -0.15) is 0 Å². The second-order valence-electron chi connectivity index (χ2n) is 5.63. The van der Waals surface area contributed by atoms with E-state index in [4.69, 9.17) is 9.47 Å². The molecule has 0 radical (unpaired) electrons.